The van der Waals surface area contributed by atoms with Gasteiger partial charge in [-0.1, -0.05) is 0 Å². The van der Waals surface area contributed by atoms with Gasteiger partial charge in [0.15, 0.2) is 0 Å². The summed E-state index contributed by atoms with van der Waals surface area (Å²) in [6, 6.07) is 5.32. The minimum atomic E-state index is 0.473. The van der Waals surface area contributed by atoms with Gasteiger partial charge in [0, 0.05) is 24.1 Å². The van der Waals surface area contributed by atoms with Crippen molar-refractivity contribution < 1.29 is 4.42 Å². The van der Waals surface area contributed by atoms with Crippen molar-refractivity contribution in [3.05, 3.63) is 46.0 Å². The quantitative estimate of drug-likeness (QED) is 0.902. The third-order valence-corrected chi connectivity index (χ3v) is 4.39. The number of fused-ring (bicyclic) bond motifs is 1. The zero-order valence-corrected chi connectivity index (χ0v) is 11.5. The maximum atomic E-state index is 5.54. The number of hydrogen-bond acceptors (Lipinski definition) is 3. The van der Waals surface area contributed by atoms with Crippen molar-refractivity contribution in [2.45, 2.75) is 44.7 Å². The van der Waals surface area contributed by atoms with E-state index in [1.54, 1.807) is 11.3 Å². The SMILES string of the molecule is CC(Cc1ccsc1)NC1CCCc2occc21. The van der Waals surface area contributed by atoms with Crippen LogP contribution in [-0.4, -0.2) is 6.04 Å². The second-order valence-corrected chi connectivity index (χ2v) is 5.93. The fourth-order valence-corrected chi connectivity index (χ4v) is 3.51. The maximum Gasteiger partial charge on any atom is 0.108 e. The summed E-state index contributed by atoms with van der Waals surface area (Å²) in [5, 5.41) is 8.13. The number of nitrogens with one attached hydrogen (secondary N) is 1. The molecule has 0 saturated carbocycles. The van der Waals surface area contributed by atoms with Crippen LogP contribution in [0.5, 0.6) is 0 Å². The predicted molar refractivity (Wildman–Crippen MR) is 75.0 cm³/mol. The summed E-state index contributed by atoms with van der Waals surface area (Å²) in [6.45, 7) is 2.27. The summed E-state index contributed by atoms with van der Waals surface area (Å²) >= 11 is 1.77. The highest BCUT2D eigenvalue weighted by Gasteiger charge is 2.23. The molecule has 1 aliphatic rings. The van der Waals surface area contributed by atoms with Crippen LogP contribution in [0.4, 0.5) is 0 Å². The minimum Gasteiger partial charge on any atom is -0.469 e. The number of aryl methyl sites for hydroxylation is 1. The molecule has 2 aromatic rings. The second-order valence-electron chi connectivity index (χ2n) is 5.15. The minimum absolute atomic E-state index is 0.473. The molecule has 1 aliphatic carbocycles. The molecule has 0 fully saturated rings. The van der Waals surface area contributed by atoms with E-state index in [0.717, 1.165) is 12.8 Å². The van der Waals surface area contributed by atoms with Gasteiger partial charge in [-0.3, -0.25) is 0 Å². The van der Waals surface area contributed by atoms with Gasteiger partial charge in [-0.05, 0) is 54.6 Å². The van der Waals surface area contributed by atoms with Gasteiger partial charge in [0.2, 0.25) is 0 Å². The number of hydrogen-bond donors (Lipinski definition) is 1. The van der Waals surface area contributed by atoms with Crippen LogP contribution >= 0.6 is 11.3 Å². The molecule has 0 spiro atoms. The Hall–Kier alpha value is -1.06. The molecule has 18 heavy (non-hydrogen) atoms. The normalized spacial score (nSPS) is 20.6. The van der Waals surface area contributed by atoms with Crippen molar-refractivity contribution in [1.29, 1.82) is 0 Å². The van der Waals surface area contributed by atoms with Gasteiger partial charge in [-0.2, -0.15) is 11.3 Å². The lowest BCUT2D eigenvalue weighted by Gasteiger charge is -2.26. The van der Waals surface area contributed by atoms with Crippen molar-refractivity contribution in [2.24, 2.45) is 0 Å². The van der Waals surface area contributed by atoms with Crippen LogP contribution in [0, 0.1) is 0 Å². The Morgan fingerprint density at radius 2 is 2.44 bits per heavy atom. The smallest absolute Gasteiger partial charge is 0.108 e. The van der Waals surface area contributed by atoms with E-state index in [9.17, 15) is 0 Å². The van der Waals surface area contributed by atoms with Crippen LogP contribution in [0.15, 0.2) is 33.6 Å². The van der Waals surface area contributed by atoms with Crippen LogP contribution in [-0.2, 0) is 12.8 Å². The molecule has 2 unspecified atom stereocenters. The Bertz CT molecular complexity index is 488. The van der Waals surface area contributed by atoms with E-state index < -0.39 is 0 Å². The summed E-state index contributed by atoms with van der Waals surface area (Å²) in [6.07, 6.45) is 6.48. The maximum absolute atomic E-state index is 5.54. The summed E-state index contributed by atoms with van der Waals surface area (Å²) < 4.78 is 5.54. The van der Waals surface area contributed by atoms with Gasteiger partial charge in [-0.15, -0.1) is 0 Å². The van der Waals surface area contributed by atoms with Crippen molar-refractivity contribution in [3.63, 3.8) is 0 Å². The summed E-state index contributed by atoms with van der Waals surface area (Å²) in [5.41, 5.74) is 2.81. The predicted octanol–water partition coefficient (Wildman–Crippen LogP) is 3.94. The Labute approximate surface area is 112 Å². The van der Waals surface area contributed by atoms with Gasteiger partial charge in [0.25, 0.3) is 0 Å². The van der Waals surface area contributed by atoms with Crippen molar-refractivity contribution in [3.8, 4) is 0 Å². The van der Waals surface area contributed by atoms with Crippen molar-refractivity contribution >= 4 is 11.3 Å². The third-order valence-electron chi connectivity index (χ3n) is 3.66. The van der Waals surface area contributed by atoms with E-state index in [1.807, 2.05) is 6.26 Å². The van der Waals surface area contributed by atoms with Crippen molar-refractivity contribution in [2.75, 3.05) is 0 Å². The average molecular weight is 261 g/mol. The topological polar surface area (TPSA) is 25.2 Å². The lowest BCUT2D eigenvalue weighted by atomic mass is 9.92. The summed E-state index contributed by atoms with van der Waals surface area (Å²) in [7, 11) is 0. The molecule has 3 heteroatoms. The van der Waals surface area contributed by atoms with E-state index in [1.165, 1.54) is 29.7 Å². The van der Waals surface area contributed by atoms with Gasteiger partial charge in [0.05, 0.1) is 6.26 Å². The average Bonchev–Trinajstić information content (AvgIpc) is 2.99. The first kappa shape index (κ1) is 12.0. The summed E-state index contributed by atoms with van der Waals surface area (Å²) in [4.78, 5) is 0. The molecule has 0 amide bonds. The highest BCUT2D eigenvalue weighted by Crippen LogP contribution is 2.30. The molecule has 2 nitrogen and oxygen atoms in total. The first-order chi connectivity index (χ1) is 8.83. The van der Waals surface area contributed by atoms with E-state index in [-0.39, 0.29) is 0 Å². The number of thiophene rings is 1. The van der Waals surface area contributed by atoms with Crippen LogP contribution in [0.3, 0.4) is 0 Å². The van der Waals surface area contributed by atoms with Crippen LogP contribution in [0.1, 0.15) is 42.7 Å². The van der Waals surface area contributed by atoms with Crippen molar-refractivity contribution in [1.82, 2.24) is 5.32 Å². The van der Waals surface area contributed by atoms with E-state index in [2.05, 4.69) is 35.1 Å². The number of rotatable bonds is 4. The Balaban J connectivity index is 1.64. The molecule has 2 atom stereocenters. The first-order valence-electron chi connectivity index (χ1n) is 6.66. The zero-order valence-electron chi connectivity index (χ0n) is 10.7. The first-order valence-corrected chi connectivity index (χ1v) is 7.60. The van der Waals surface area contributed by atoms with Crippen LogP contribution in [0.25, 0.3) is 0 Å². The van der Waals surface area contributed by atoms with Gasteiger partial charge >= 0.3 is 0 Å². The highest BCUT2D eigenvalue weighted by atomic mass is 32.1. The van der Waals surface area contributed by atoms with E-state index in [4.69, 9.17) is 4.42 Å². The highest BCUT2D eigenvalue weighted by molar-refractivity contribution is 7.07. The van der Waals surface area contributed by atoms with Gasteiger partial charge in [0.1, 0.15) is 5.76 Å². The van der Waals surface area contributed by atoms with Crippen LogP contribution < -0.4 is 5.32 Å². The Morgan fingerprint density at radius 3 is 3.28 bits per heavy atom. The molecule has 0 aliphatic heterocycles. The molecular weight excluding hydrogens is 242 g/mol. The van der Waals surface area contributed by atoms with Crippen LogP contribution in [0.2, 0.25) is 0 Å². The number of furan rings is 1. The molecule has 0 saturated heterocycles. The molecule has 0 radical (unpaired) electrons. The molecule has 2 heterocycles. The summed E-state index contributed by atoms with van der Waals surface area (Å²) in [5.74, 6) is 1.18. The molecule has 96 valence electrons. The van der Waals surface area contributed by atoms with E-state index in [0.29, 0.717) is 12.1 Å². The standard InChI is InChI=1S/C15H19NOS/c1-11(9-12-6-8-18-10-12)16-14-3-2-4-15-13(14)5-7-17-15/h5-8,10-11,14,16H,2-4,9H2,1H3. The molecular formula is C15H19NOS. The Morgan fingerprint density at radius 1 is 1.50 bits per heavy atom. The molecule has 1 N–H and O–H groups in total. The third kappa shape index (κ3) is 2.52. The second kappa shape index (κ2) is 5.29. The molecule has 3 rings (SSSR count). The molecule has 2 aromatic heterocycles. The fourth-order valence-electron chi connectivity index (χ4n) is 2.82. The Kier molecular flexibility index (Phi) is 3.52. The fraction of sp³-hybridized carbons (Fsp3) is 0.467. The largest absolute Gasteiger partial charge is 0.469 e. The lowest BCUT2D eigenvalue weighted by Crippen LogP contribution is -2.33. The molecule has 0 aromatic carbocycles. The van der Waals surface area contributed by atoms with Gasteiger partial charge in [-0.25, -0.2) is 0 Å². The molecule has 0 bridgehead atoms. The van der Waals surface area contributed by atoms with Gasteiger partial charge < -0.3 is 9.73 Å². The monoisotopic (exact) mass is 261 g/mol. The van der Waals surface area contributed by atoms with E-state index >= 15 is 0 Å². The zero-order chi connectivity index (χ0) is 12.4. The lowest BCUT2D eigenvalue weighted by molar-refractivity contribution is 0.381.